The van der Waals surface area contributed by atoms with Crippen molar-refractivity contribution in [3.63, 3.8) is 0 Å². The molecule has 46 heavy (non-hydrogen) atoms. The third-order valence-electron chi connectivity index (χ3n) is 9.89. The highest BCUT2D eigenvalue weighted by Gasteiger charge is 2.52. The fourth-order valence-electron chi connectivity index (χ4n) is 7.11. The molecule has 2 aliphatic carbocycles. The quantitative estimate of drug-likeness (QED) is 0.253. The normalized spacial score (nSPS) is 22.9. The summed E-state index contributed by atoms with van der Waals surface area (Å²) in [5, 5.41) is 0.550. The Morgan fingerprint density at radius 2 is 1.46 bits per heavy atom. The number of halogens is 3. The van der Waals surface area contributed by atoms with E-state index in [9.17, 15) is 13.2 Å². The lowest BCUT2D eigenvalue weighted by molar-refractivity contribution is -0.146. The van der Waals surface area contributed by atoms with Gasteiger partial charge in [-0.25, -0.2) is 8.42 Å². The van der Waals surface area contributed by atoms with E-state index < -0.39 is 33.5 Å². The predicted molar refractivity (Wildman–Crippen MR) is 174 cm³/mol. The van der Waals surface area contributed by atoms with Crippen molar-refractivity contribution in [2.24, 2.45) is 23.5 Å². The van der Waals surface area contributed by atoms with Gasteiger partial charge in [-0.3, -0.25) is 4.79 Å². The van der Waals surface area contributed by atoms with E-state index in [1.807, 2.05) is 0 Å². The molecule has 246 valence electrons. The minimum Gasteiger partial charge on any atom is -0.493 e. The molecule has 0 spiro atoms. The van der Waals surface area contributed by atoms with Gasteiger partial charge in [-0.15, -0.1) is 0 Å². The van der Waals surface area contributed by atoms with Crippen LogP contribution in [0.1, 0.15) is 50.5 Å². The molecule has 7 nitrogen and oxygen atoms in total. The minimum atomic E-state index is -4.53. The number of likely N-dealkylation sites (tertiary alicyclic amines) is 1. The number of hydrogen-bond acceptors (Lipinski definition) is 5. The summed E-state index contributed by atoms with van der Waals surface area (Å²) in [4.78, 5) is 15.0. The maximum absolute atomic E-state index is 16.5. The molecule has 4 atom stereocenters. The Labute approximate surface area is 274 Å². The summed E-state index contributed by atoms with van der Waals surface area (Å²) in [7, 11) is -4.53. The van der Waals surface area contributed by atoms with E-state index >= 15 is 8.78 Å². The maximum Gasteiger partial charge on any atom is 0.298 e. The molecule has 1 heterocycles. The van der Waals surface area contributed by atoms with Crippen LogP contribution in [0.5, 0.6) is 5.75 Å². The first-order valence-electron chi connectivity index (χ1n) is 16.0. The summed E-state index contributed by atoms with van der Waals surface area (Å²) in [5.41, 5.74) is 7.28. The van der Waals surface area contributed by atoms with Crippen LogP contribution in [0.15, 0.2) is 77.7 Å². The zero-order valence-corrected chi connectivity index (χ0v) is 27.2. The Hall–Kier alpha value is -3.05. The van der Waals surface area contributed by atoms with Gasteiger partial charge in [0, 0.05) is 29.7 Å². The van der Waals surface area contributed by atoms with E-state index in [2.05, 4.69) is 4.72 Å². The lowest BCUT2D eigenvalue weighted by Gasteiger charge is -2.39. The number of fused-ring (bicyclic) bond motifs is 2. The number of carbonyl (C=O) groups is 1. The molecule has 2 saturated carbocycles. The average Bonchev–Trinajstić information content (AvgIpc) is 3.25. The van der Waals surface area contributed by atoms with Gasteiger partial charge in [0.05, 0.1) is 11.5 Å². The molecule has 3 fully saturated rings. The van der Waals surface area contributed by atoms with Gasteiger partial charge in [0.1, 0.15) is 5.75 Å². The molecule has 3 aliphatic rings. The number of sulfonamides is 1. The van der Waals surface area contributed by atoms with E-state index in [4.69, 9.17) is 22.1 Å². The number of nitrogens with zero attached hydrogens (tertiary/aromatic N) is 1. The summed E-state index contributed by atoms with van der Waals surface area (Å²) in [6.07, 6.45) is 7.43. The zero-order valence-electron chi connectivity index (χ0n) is 25.6. The SMILES string of the molecule is NC1[C@@H]2CC[C@H]1CN(C(=O)C(NS(=O)(=O)c1ccc(OCC3CCCCC3)cc1)C(F)(F)c1ccc(-c3ccc(Cl)cc3)cc1)C2. The molecular formula is C35H40ClF2N3O4S. The standard InChI is InChI=1S/C35H40ClF2N3O4S/c36-29-14-10-25(11-15-29)24-8-12-28(13-9-24)35(37,38)33(34(42)41-20-26-6-7-27(21-41)32(26)39)40-46(43,44)31-18-16-30(17-19-31)45-22-23-4-2-1-3-5-23/h8-19,23,26-27,32-33,40H,1-7,20-22,39H2/t26-,27+,32?,33?. The third kappa shape index (κ3) is 7.10. The van der Waals surface area contributed by atoms with Gasteiger partial charge < -0.3 is 15.4 Å². The van der Waals surface area contributed by atoms with Crippen molar-refractivity contribution in [3.05, 3.63) is 83.4 Å². The molecule has 1 saturated heterocycles. The van der Waals surface area contributed by atoms with Crippen LogP contribution >= 0.6 is 11.6 Å². The minimum absolute atomic E-state index is 0.00612. The molecule has 1 aliphatic heterocycles. The van der Waals surface area contributed by atoms with Gasteiger partial charge in [0.2, 0.25) is 15.9 Å². The number of piperidine rings is 1. The van der Waals surface area contributed by atoms with Crippen LogP contribution < -0.4 is 15.2 Å². The maximum atomic E-state index is 16.5. The van der Waals surface area contributed by atoms with Crippen molar-refractivity contribution in [3.8, 4) is 16.9 Å². The van der Waals surface area contributed by atoms with Gasteiger partial charge >= 0.3 is 0 Å². The smallest absolute Gasteiger partial charge is 0.298 e. The monoisotopic (exact) mass is 671 g/mol. The number of rotatable bonds is 10. The second kappa shape index (κ2) is 13.6. The van der Waals surface area contributed by atoms with E-state index in [0.717, 1.165) is 31.2 Å². The van der Waals surface area contributed by atoms with Crippen LogP contribution in [-0.2, 0) is 20.7 Å². The number of nitrogens with one attached hydrogen (secondary N) is 1. The largest absolute Gasteiger partial charge is 0.493 e. The molecule has 3 aromatic carbocycles. The van der Waals surface area contributed by atoms with Gasteiger partial charge in [-0.2, -0.15) is 13.5 Å². The zero-order chi connectivity index (χ0) is 32.5. The van der Waals surface area contributed by atoms with Crippen LogP contribution in [-0.4, -0.2) is 51.0 Å². The Balaban J connectivity index is 1.24. The average molecular weight is 672 g/mol. The van der Waals surface area contributed by atoms with Crippen molar-refractivity contribution in [2.75, 3.05) is 19.7 Å². The molecule has 0 aromatic heterocycles. The Morgan fingerprint density at radius 1 is 0.891 bits per heavy atom. The number of amides is 1. The van der Waals surface area contributed by atoms with Gasteiger partial charge in [0.15, 0.2) is 6.04 Å². The van der Waals surface area contributed by atoms with Gasteiger partial charge in [0.25, 0.3) is 5.92 Å². The summed E-state index contributed by atoms with van der Waals surface area (Å²) in [6, 6.07) is 15.7. The molecule has 3 aromatic rings. The number of carbonyl (C=O) groups excluding carboxylic acids is 1. The van der Waals surface area contributed by atoms with E-state index in [-0.39, 0.29) is 35.9 Å². The first kappa shape index (κ1) is 32.9. The molecule has 2 bridgehead atoms. The Morgan fingerprint density at radius 3 is 2.04 bits per heavy atom. The van der Waals surface area contributed by atoms with Crippen LogP contribution in [0.4, 0.5) is 8.78 Å². The van der Waals surface area contributed by atoms with E-state index in [1.54, 1.807) is 24.3 Å². The van der Waals surface area contributed by atoms with E-state index in [0.29, 0.717) is 28.9 Å². The number of alkyl halides is 2. The highest BCUT2D eigenvalue weighted by molar-refractivity contribution is 7.89. The summed E-state index contributed by atoms with van der Waals surface area (Å²) >= 11 is 5.99. The Bertz CT molecular complexity index is 1600. The van der Waals surface area contributed by atoms with Crippen LogP contribution in [0.2, 0.25) is 5.02 Å². The summed E-state index contributed by atoms with van der Waals surface area (Å²) < 4.78 is 68.1. The highest BCUT2D eigenvalue weighted by atomic mass is 35.5. The number of benzene rings is 3. The van der Waals surface area contributed by atoms with Crippen LogP contribution in [0.25, 0.3) is 11.1 Å². The molecule has 2 unspecified atom stereocenters. The van der Waals surface area contributed by atoms with Gasteiger partial charge in [-0.05, 0) is 91.0 Å². The molecule has 6 rings (SSSR count). The highest BCUT2D eigenvalue weighted by Crippen LogP contribution is 2.39. The van der Waals surface area contributed by atoms with E-state index in [1.165, 1.54) is 72.7 Å². The number of hydrogen-bond donors (Lipinski definition) is 2. The first-order valence-corrected chi connectivity index (χ1v) is 17.9. The van der Waals surface area contributed by atoms with Crippen molar-refractivity contribution >= 4 is 27.5 Å². The van der Waals surface area contributed by atoms with Crippen LogP contribution in [0, 0.1) is 17.8 Å². The first-order chi connectivity index (χ1) is 22.0. The Kier molecular flexibility index (Phi) is 9.71. The molecule has 3 N–H and O–H groups in total. The van der Waals surface area contributed by atoms with Crippen molar-refractivity contribution < 1.29 is 26.7 Å². The second-order valence-corrected chi connectivity index (χ2v) is 15.1. The molecule has 0 radical (unpaired) electrons. The van der Waals surface area contributed by atoms with Crippen molar-refractivity contribution in [1.82, 2.24) is 9.62 Å². The fraction of sp³-hybridized carbons (Fsp3) is 0.457. The third-order valence-corrected chi connectivity index (χ3v) is 11.6. The molecule has 1 amide bonds. The number of nitrogens with two attached hydrogens (primary N) is 1. The van der Waals surface area contributed by atoms with Crippen molar-refractivity contribution in [2.45, 2.75) is 67.8 Å². The topological polar surface area (TPSA) is 102 Å². The second-order valence-electron chi connectivity index (χ2n) is 13.0. The van der Waals surface area contributed by atoms with Crippen molar-refractivity contribution in [1.29, 1.82) is 0 Å². The lowest BCUT2D eigenvalue weighted by atomic mass is 9.90. The summed E-state index contributed by atoms with van der Waals surface area (Å²) in [5.74, 6) is -3.88. The fourth-order valence-corrected chi connectivity index (χ4v) is 8.42. The lowest BCUT2D eigenvalue weighted by Crippen LogP contribution is -2.60. The summed E-state index contributed by atoms with van der Waals surface area (Å²) in [6.45, 7) is 0.978. The number of ether oxygens (including phenoxy) is 1. The predicted octanol–water partition coefficient (Wildman–Crippen LogP) is 6.60. The molecular weight excluding hydrogens is 632 g/mol. The molecule has 11 heteroatoms. The van der Waals surface area contributed by atoms with Crippen LogP contribution in [0.3, 0.4) is 0 Å². The van der Waals surface area contributed by atoms with Gasteiger partial charge in [-0.1, -0.05) is 67.3 Å².